The van der Waals surface area contributed by atoms with E-state index in [1.807, 2.05) is 19.1 Å². The van der Waals surface area contributed by atoms with Gasteiger partial charge in [0, 0.05) is 12.4 Å². The molecular weight excluding hydrogens is 226 g/mol. The van der Waals surface area contributed by atoms with Gasteiger partial charge in [-0.2, -0.15) is 0 Å². The second-order valence-electron chi connectivity index (χ2n) is 4.90. The Morgan fingerprint density at radius 2 is 1.94 bits per heavy atom. The average molecular weight is 249 g/mol. The Balaban J connectivity index is 2.69. The van der Waals surface area contributed by atoms with Gasteiger partial charge >= 0.3 is 5.97 Å². The van der Waals surface area contributed by atoms with Gasteiger partial charge in [0.05, 0.1) is 5.41 Å². The van der Waals surface area contributed by atoms with Gasteiger partial charge in [-0.05, 0) is 43.4 Å². The molecule has 0 aromatic carbocycles. The highest BCUT2D eigenvalue weighted by Crippen LogP contribution is 2.34. The molecule has 3 heteroatoms. The van der Waals surface area contributed by atoms with Crippen LogP contribution in [-0.2, 0) is 11.2 Å². The number of unbranched alkanes of at least 4 members (excludes halogenated alkanes) is 1. The number of pyridine rings is 1. The van der Waals surface area contributed by atoms with E-state index in [-0.39, 0.29) is 0 Å². The molecule has 100 valence electrons. The first-order valence-electron chi connectivity index (χ1n) is 6.77. The summed E-state index contributed by atoms with van der Waals surface area (Å²) < 4.78 is 0. The van der Waals surface area contributed by atoms with E-state index in [0.717, 1.165) is 25.7 Å². The van der Waals surface area contributed by atoms with Crippen LogP contribution < -0.4 is 0 Å². The van der Waals surface area contributed by atoms with E-state index in [2.05, 4.69) is 11.9 Å². The second kappa shape index (κ2) is 7.14. The quantitative estimate of drug-likeness (QED) is 0.764. The van der Waals surface area contributed by atoms with Crippen LogP contribution in [-0.4, -0.2) is 16.1 Å². The Kier molecular flexibility index (Phi) is 5.83. The molecule has 0 radical (unpaired) electrons. The molecule has 0 saturated heterocycles. The smallest absolute Gasteiger partial charge is 0.309 e. The molecule has 1 unspecified atom stereocenters. The molecule has 0 aliphatic rings. The molecule has 1 N–H and O–H groups in total. The number of carbonyl (C=O) groups is 1. The Labute approximate surface area is 109 Å². The summed E-state index contributed by atoms with van der Waals surface area (Å²) in [5.41, 5.74) is 0.611. The zero-order valence-electron chi connectivity index (χ0n) is 11.4. The minimum atomic E-state index is -0.646. The third-order valence-corrected chi connectivity index (χ3v) is 3.78. The molecule has 0 aliphatic heterocycles. The van der Waals surface area contributed by atoms with Crippen molar-refractivity contribution in [2.45, 2.75) is 52.4 Å². The van der Waals surface area contributed by atoms with Crippen LogP contribution >= 0.6 is 0 Å². The third kappa shape index (κ3) is 3.83. The standard InChI is InChI=1S/C15H23NO2/c1-3-5-9-15(4-2,14(17)18)10-6-13-7-11-16-12-8-13/h7-8,11-12H,3-6,9-10H2,1-2H3,(H,17,18). The minimum Gasteiger partial charge on any atom is -0.481 e. The molecule has 0 saturated carbocycles. The number of nitrogens with zero attached hydrogens (tertiary/aromatic N) is 1. The highest BCUT2D eigenvalue weighted by atomic mass is 16.4. The van der Waals surface area contributed by atoms with Crippen molar-refractivity contribution < 1.29 is 9.90 Å². The lowest BCUT2D eigenvalue weighted by Crippen LogP contribution is -2.31. The summed E-state index contributed by atoms with van der Waals surface area (Å²) in [5.74, 6) is -0.646. The van der Waals surface area contributed by atoms with E-state index in [0.29, 0.717) is 12.8 Å². The van der Waals surface area contributed by atoms with E-state index >= 15 is 0 Å². The zero-order chi connectivity index (χ0) is 13.4. The molecule has 18 heavy (non-hydrogen) atoms. The summed E-state index contributed by atoms with van der Waals surface area (Å²) >= 11 is 0. The van der Waals surface area contributed by atoms with Crippen molar-refractivity contribution in [2.24, 2.45) is 5.41 Å². The fraction of sp³-hybridized carbons (Fsp3) is 0.600. The maximum Gasteiger partial charge on any atom is 0.309 e. The zero-order valence-corrected chi connectivity index (χ0v) is 11.4. The third-order valence-electron chi connectivity index (χ3n) is 3.78. The number of aromatic nitrogens is 1. The van der Waals surface area contributed by atoms with Gasteiger partial charge in [-0.25, -0.2) is 0 Å². The van der Waals surface area contributed by atoms with Crippen LogP contribution in [0.4, 0.5) is 0 Å². The van der Waals surface area contributed by atoms with Gasteiger partial charge in [0.25, 0.3) is 0 Å². The fourth-order valence-corrected chi connectivity index (χ4v) is 2.29. The van der Waals surface area contributed by atoms with Crippen molar-refractivity contribution >= 4 is 5.97 Å². The van der Waals surface area contributed by atoms with Crippen molar-refractivity contribution in [1.82, 2.24) is 4.98 Å². The van der Waals surface area contributed by atoms with Crippen molar-refractivity contribution in [1.29, 1.82) is 0 Å². The lowest BCUT2D eigenvalue weighted by Gasteiger charge is -2.28. The highest BCUT2D eigenvalue weighted by Gasteiger charge is 2.35. The van der Waals surface area contributed by atoms with Crippen LogP contribution in [0.2, 0.25) is 0 Å². The summed E-state index contributed by atoms with van der Waals surface area (Å²) in [7, 11) is 0. The van der Waals surface area contributed by atoms with Gasteiger partial charge < -0.3 is 5.11 Å². The Morgan fingerprint density at radius 1 is 1.28 bits per heavy atom. The van der Waals surface area contributed by atoms with Crippen molar-refractivity contribution in [3.8, 4) is 0 Å². The number of aliphatic carboxylic acids is 1. The van der Waals surface area contributed by atoms with Crippen LogP contribution in [0.5, 0.6) is 0 Å². The molecule has 3 nitrogen and oxygen atoms in total. The largest absolute Gasteiger partial charge is 0.481 e. The Morgan fingerprint density at radius 3 is 2.44 bits per heavy atom. The lowest BCUT2D eigenvalue weighted by atomic mass is 9.76. The van der Waals surface area contributed by atoms with Gasteiger partial charge in [-0.1, -0.05) is 26.7 Å². The average Bonchev–Trinajstić information content (AvgIpc) is 2.40. The van der Waals surface area contributed by atoms with E-state index in [9.17, 15) is 9.90 Å². The van der Waals surface area contributed by atoms with Crippen LogP contribution in [0, 0.1) is 5.41 Å². The summed E-state index contributed by atoms with van der Waals surface area (Å²) in [6, 6.07) is 3.92. The Bertz CT molecular complexity index is 364. The molecule has 0 aliphatic carbocycles. The second-order valence-corrected chi connectivity index (χ2v) is 4.90. The van der Waals surface area contributed by atoms with Gasteiger partial charge in [0.1, 0.15) is 0 Å². The Hall–Kier alpha value is -1.38. The number of aryl methyl sites for hydroxylation is 1. The number of hydrogen-bond donors (Lipinski definition) is 1. The van der Waals surface area contributed by atoms with Gasteiger partial charge in [0.15, 0.2) is 0 Å². The molecule has 0 amide bonds. The van der Waals surface area contributed by atoms with Crippen molar-refractivity contribution in [3.05, 3.63) is 30.1 Å². The van der Waals surface area contributed by atoms with E-state index in [1.165, 1.54) is 5.56 Å². The van der Waals surface area contributed by atoms with Crippen LogP contribution in [0.1, 0.15) is 51.5 Å². The maximum atomic E-state index is 11.6. The van der Waals surface area contributed by atoms with Crippen LogP contribution in [0.15, 0.2) is 24.5 Å². The summed E-state index contributed by atoms with van der Waals surface area (Å²) in [4.78, 5) is 15.5. The van der Waals surface area contributed by atoms with E-state index in [1.54, 1.807) is 12.4 Å². The topological polar surface area (TPSA) is 50.2 Å². The first-order chi connectivity index (χ1) is 8.64. The maximum absolute atomic E-state index is 11.6. The van der Waals surface area contributed by atoms with Crippen molar-refractivity contribution in [3.63, 3.8) is 0 Å². The van der Waals surface area contributed by atoms with E-state index < -0.39 is 11.4 Å². The molecule has 1 rings (SSSR count). The summed E-state index contributed by atoms with van der Waals surface area (Å²) in [6.07, 6.45) is 8.55. The minimum absolute atomic E-state index is 0.556. The molecular formula is C15H23NO2. The fourth-order valence-electron chi connectivity index (χ4n) is 2.29. The normalized spacial score (nSPS) is 14.1. The van der Waals surface area contributed by atoms with Crippen molar-refractivity contribution in [2.75, 3.05) is 0 Å². The first-order valence-corrected chi connectivity index (χ1v) is 6.77. The number of carboxylic acids is 1. The predicted molar refractivity (Wildman–Crippen MR) is 72.4 cm³/mol. The van der Waals surface area contributed by atoms with E-state index in [4.69, 9.17) is 0 Å². The predicted octanol–water partition coefficient (Wildman–Crippen LogP) is 3.69. The number of rotatable bonds is 8. The van der Waals surface area contributed by atoms with Crippen LogP contribution in [0.3, 0.4) is 0 Å². The molecule has 0 fully saturated rings. The number of hydrogen-bond acceptors (Lipinski definition) is 2. The monoisotopic (exact) mass is 249 g/mol. The van der Waals surface area contributed by atoms with Gasteiger partial charge in [0.2, 0.25) is 0 Å². The van der Waals surface area contributed by atoms with Crippen LogP contribution in [0.25, 0.3) is 0 Å². The van der Waals surface area contributed by atoms with Gasteiger partial charge in [-0.15, -0.1) is 0 Å². The molecule has 1 aromatic rings. The molecule has 0 spiro atoms. The highest BCUT2D eigenvalue weighted by molar-refractivity contribution is 5.74. The molecule has 1 heterocycles. The lowest BCUT2D eigenvalue weighted by molar-refractivity contribution is -0.150. The summed E-state index contributed by atoms with van der Waals surface area (Å²) in [6.45, 7) is 4.08. The molecule has 1 aromatic heterocycles. The first kappa shape index (κ1) is 14.7. The summed E-state index contributed by atoms with van der Waals surface area (Å²) in [5, 5.41) is 9.52. The molecule has 1 atom stereocenters. The SMILES string of the molecule is CCCCC(CC)(CCc1ccncc1)C(=O)O. The van der Waals surface area contributed by atoms with Gasteiger partial charge in [-0.3, -0.25) is 9.78 Å². The number of carboxylic acid groups (broad SMARTS) is 1. The molecule has 0 bridgehead atoms.